The molecule has 1 unspecified atom stereocenters. The molecule has 0 aromatic heterocycles. The Kier molecular flexibility index (Phi) is 7.33. The molecule has 0 aliphatic carbocycles. The molecule has 1 atom stereocenters. The van der Waals surface area contributed by atoms with Crippen molar-refractivity contribution in [2.75, 3.05) is 19.7 Å². The van der Waals surface area contributed by atoms with Crippen LogP contribution in [-0.2, 0) is 23.3 Å². The van der Waals surface area contributed by atoms with Gasteiger partial charge in [-0.1, -0.05) is 0 Å². The van der Waals surface area contributed by atoms with E-state index >= 15 is 0 Å². The van der Waals surface area contributed by atoms with E-state index in [0.717, 1.165) is 0 Å². The molecule has 0 heterocycles. The van der Waals surface area contributed by atoms with Crippen molar-refractivity contribution in [2.24, 2.45) is 0 Å². The zero-order chi connectivity index (χ0) is 12.6. The molecule has 1 N–H and O–H groups in total. The zero-order valence-electron chi connectivity index (χ0n) is 9.54. The van der Waals surface area contributed by atoms with E-state index in [2.05, 4.69) is 14.0 Å². The lowest BCUT2D eigenvalue weighted by Crippen LogP contribution is -2.14. The van der Waals surface area contributed by atoms with Crippen molar-refractivity contribution >= 4 is 13.8 Å². The van der Waals surface area contributed by atoms with Gasteiger partial charge < -0.3 is 19.1 Å². The van der Waals surface area contributed by atoms with Gasteiger partial charge in [0.05, 0.1) is 6.10 Å². The van der Waals surface area contributed by atoms with Gasteiger partial charge in [0.2, 0.25) is 6.79 Å². The average Bonchev–Trinajstić information content (AvgIpc) is 2.13. The smallest absolute Gasteiger partial charge is 0.432 e. The topological polar surface area (TPSA) is 91.3 Å². The van der Waals surface area contributed by atoms with Crippen molar-refractivity contribution in [3.05, 3.63) is 0 Å². The van der Waals surface area contributed by atoms with E-state index in [0.29, 0.717) is 6.61 Å². The summed E-state index contributed by atoms with van der Waals surface area (Å²) in [5.41, 5.74) is 0. The molecular weight excluding hydrogens is 239 g/mol. The quantitative estimate of drug-likeness (QED) is 0.421. The minimum Gasteiger partial charge on any atom is -0.432 e. The summed E-state index contributed by atoms with van der Waals surface area (Å²) in [5, 5.41) is 0. The summed E-state index contributed by atoms with van der Waals surface area (Å²) in [6.45, 7) is 4.62. The molecule has 0 saturated heterocycles. The Morgan fingerprint density at radius 3 is 2.56 bits per heavy atom. The maximum absolute atomic E-state index is 11.2. The van der Waals surface area contributed by atoms with E-state index in [-0.39, 0.29) is 6.10 Å². The maximum Gasteiger partial charge on any atom is 0.510 e. The van der Waals surface area contributed by atoms with E-state index in [1.807, 2.05) is 0 Å². The van der Waals surface area contributed by atoms with Crippen LogP contribution in [0.15, 0.2) is 0 Å². The number of carbonyl (C=O) groups is 1. The number of hydrogen-bond acceptors (Lipinski definition) is 6. The molecule has 0 spiro atoms. The third-order valence-corrected chi connectivity index (χ3v) is 2.24. The lowest BCUT2D eigenvalue weighted by atomic mass is 10.5. The molecule has 0 saturated carbocycles. The second-order valence-corrected chi connectivity index (χ2v) is 4.86. The number of hydrogen-bond donors (Lipinski definition) is 1. The average molecular weight is 256 g/mol. The summed E-state index contributed by atoms with van der Waals surface area (Å²) < 4.78 is 29.3. The highest BCUT2D eigenvalue weighted by atomic mass is 31.2. The van der Waals surface area contributed by atoms with E-state index in [1.54, 1.807) is 20.8 Å². The predicted molar refractivity (Wildman–Crippen MR) is 55.0 cm³/mol. The third kappa shape index (κ3) is 8.67. The summed E-state index contributed by atoms with van der Waals surface area (Å²) in [4.78, 5) is 19.9. The lowest BCUT2D eigenvalue weighted by molar-refractivity contribution is -0.0131. The van der Waals surface area contributed by atoms with Gasteiger partial charge in [-0.3, -0.25) is 9.09 Å². The van der Waals surface area contributed by atoms with Crippen molar-refractivity contribution < 1.29 is 33.0 Å². The van der Waals surface area contributed by atoms with Crippen LogP contribution in [0.4, 0.5) is 4.79 Å². The molecule has 0 fully saturated rings. The Balaban J connectivity index is 3.72. The first-order valence-corrected chi connectivity index (χ1v) is 6.51. The molecular formula is C8H17O7P. The van der Waals surface area contributed by atoms with Gasteiger partial charge in [-0.05, 0) is 20.8 Å². The van der Waals surface area contributed by atoms with Gasteiger partial charge in [0.25, 0.3) is 0 Å². The summed E-state index contributed by atoms with van der Waals surface area (Å²) in [7, 11) is -3.85. The van der Waals surface area contributed by atoms with Crippen LogP contribution in [-0.4, -0.2) is 36.9 Å². The van der Waals surface area contributed by atoms with Crippen molar-refractivity contribution in [1.29, 1.82) is 0 Å². The molecule has 0 aliphatic heterocycles. The number of ether oxygens (including phenoxy) is 3. The van der Waals surface area contributed by atoms with Crippen LogP contribution in [0.1, 0.15) is 20.8 Å². The second kappa shape index (κ2) is 7.62. The first kappa shape index (κ1) is 15.4. The fourth-order valence-electron chi connectivity index (χ4n) is 0.627. The zero-order valence-corrected chi connectivity index (χ0v) is 10.4. The number of rotatable bonds is 7. The van der Waals surface area contributed by atoms with Gasteiger partial charge in [0.1, 0.15) is 6.35 Å². The molecule has 0 aromatic rings. The van der Waals surface area contributed by atoms with E-state index < -0.39 is 26.9 Å². The first-order valence-electron chi connectivity index (χ1n) is 4.75. The Morgan fingerprint density at radius 2 is 2.06 bits per heavy atom. The Bertz CT molecular complexity index is 253. The van der Waals surface area contributed by atoms with Gasteiger partial charge >= 0.3 is 13.8 Å². The van der Waals surface area contributed by atoms with Gasteiger partial charge in [0, 0.05) is 6.61 Å². The van der Waals surface area contributed by atoms with Crippen LogP contribution >= 0.6 is 7.60 Å². The summed E-state index contributed by atoms with van der Waals surface area (Å²) in [6, 6.07) is 0. The standard InChI is InChI=1S/C8H17O7P/c1-4-12-6-16(10,11)14-5-13-8(9)15-7(2)3/h7H,4-6H2,1-3H3,(H,10,11). The Morgan fingerprint density at radius 1 is 1.44 bits per heavy atom. The van der Waals surface area contributed by atoms with Gasteiger partial charge in [-0.25, -0.2) is 4.79 Å². The normalized spacial score (nSPS) is 14.6. The molecule has 96 valence electrons. The second-order valence-electron chi connectivity index (χ2n) is 3.07. The molecule has 0 aromatic carbocycles. The van der Waals surface area contributed by atoms with E-state index in [4.69, 9.17) is 9.63 Å². The van der Waals surface area contributed by atoms with Crippen LogP contribution in [0.3, 0.4) is 0 Å². The molecule has 0 aliphatic rings. The summed E-state index contributed by atoms with van der Waals surface area (Å²) >= 11 is 0. The third-order valence-electron chi connectivity index (χ3n) is 1.22. The van der Waals surface area contributed by atoms with Crippen LogP contribution in [0, 0.1) is 0 Å². The minimum atomic E-state index is -3.85. The van der Waals surface area contributed by atoms with Crippen LogP contribution in [0.25, 0.3) is 0 Å². The lowest BCUT2D eigenvalue weighted by Gasteiger charge is -2.12. The SMILES string of the molecule is CCOCP(=O)(O)OCOC(=O)OC(C)C. The molecule has 0 bridgehead atoms. The van der Waals surface area contributed by atoms with Crippen LogP contribution in [0.2, 0.25) is 0 Å². The Hall–Kier alpha value is -0.620. The highest BCUT2D eigenvalue weighted by Crippen LogP contribution is 2.41. The molecule has 0 radical (unpaired) electrons. The highest BCUT2D eigenvalue weighted by molar-refractivity contribution is 7.52. The van der Waals surface area contributed by atoms with E-state index in [9.17, 15) is 9.36 Å². The fraction of sp³-hybridized carbons (Fsp3) is 0.875. The molecule has 7 nitrogen and oxygen atoms in total. The highest BCUT2D eigenvalue weighted by Gasteiger charge is 2.20. The van der Waals surface area contributed by atoms with Crippen molar-refractivity contribution in [3.63, 3.8) is 0 Å². The van der Waals surface area contributed by atoms with E-state index in [1.165, 1.54) is 0 Å². The van der Waals surface area contributed by atoms with Crippen molar-refractivity contribution in [3.8, 4) is 0 Å². The van der Waals surface area contributed by atoms with Crippen LogP contribution in [0.5, 0.6) is 0 Å². The fourth-order valence-corrected chi connectivity index (χ4v) is 1.33. The van der Waals surface area contributed by atoms with Gasteiger partial charge in [0.15, 0.2) is 0 Å². The van der Waals surface area contributed by atoms with Gasteiger partial charge in [-0.15, -0.1) is 0 Å². The first-order chi connectivity index (χ1) is 7.37. The summed E-state index contributed by atoms with van der Waals surface area (Å²) in [6.07, 6.45) is -1.71. The van der Waals surface area contributed by atoms with Crippen LogP contribution < -0.4 is 0 Å². The number of carbonyl (C=O) groups excluding carboxylic acids is 1. The Labute approximate surface area is 94.2 Å². The predicted octanol–water partition coefficient (Wildman–Crippen LogP) is 1.70. The van der Waals surface area contributed by atoms with Crippen molar-refractivity contribution in [2.45, 2.75) is 26.9 Å². The van der Waals surface area contributed by atoms with Crippen molar-refractivity contribution in [1.82, 2.24) is 0 Å². The molecule has 0 rings (SSSR count). The monoisotopic (exact) mass is 256 g/mol. The van der Waals surface area contributed by atoms with Gasteiger partial charge in [-0.2, -0.15) is 0 Å². The molecule has 16 heavy (non-hydrogen) atoms. The summed E-state index contributed by atoms with van der Waals surface area (Å²) in [5.74, 6) is 0. The molecule has 8 heteroatoms. The minimum absolute atomic E-state index is 0.296. The largest absolute Gasteiger partial charge is 0.510 e. The maximum atomic E-state index is 11.2. The molecule has 0 amide bonds.